The molecule has 0 amide bonds. The molecule has 0 aromatic heterocycles. The molecule has 0 fully saturated rings. The predicted molar refractivity (Wildman–Crippen MR) is 71.9 cm³/mol. The lowest BCUT2D eigenvalue weighted by atomic mass is 10.1. The van der Waals surface area contributed by atoms with E-state index >= 15 is 0 Å². The van der Waals surface area contributed by atoms with E-state index < -0.39 is 0 Å². The van der Waals surface area contributed by atoms with E-state index in [2.05, 4.69) is 71.1 Å². The Kier molecular flexibility index (Phi) is 3.36. The topological polar surface area (TPSA) is 6.48 Å². The SMILES string of the molecule is CCN1C(C)C(Br)=C(c2ccccc2)N1C. The van der Waals surface area contributed by atoms with Gasteiger partial charge in [-0.05, 0) is 6.92 Å². The van der Waals surface area contributed by atoms with Gasteiger partial charge < -0.3 is 5.01 Å². The molecule has 0 bridgehead atoms. The zero-order valence-electron chi connectivity index (χ0n) is 9.94. The third-order valence-electron chi connectivity index (χ3n) is 3.12. The van der Waals surface area contributed by atoms with Gasteiger partial charge in [0.15, 0.2) is 0 Å². The molecule has 0 spiro atoms. The monoisotopic (exact) mass is 280 g/mol. The Hall–Kier alpha value is -0.800. The Labute approximate surface area is 106 Å². The van der Waals surface area contributed by atoms with Crippen molar-refractivity contribution < 1.29 is 0 Å². The van der Waals surface area contributed by atoms with Crippen LogP contribution in [0.5, 0.6) is 0 Å². The van der Waals surface area contributed by atoms with Gasteiger partial charge in [0.25, 0.3) is 0 Å². The fourth-order valence-corrected chi connectivity index (χ4v) is 3.00. The maximum atomic E-state index is 3.72. The number of hydrogen-bond donors (Lipinski definition) is 0. The van der Waals surface area contributed by atoms with Crippen LogP contribution in [0.3, 0.4) is 0 Å². The Morgan fingerprint density at radius 3 is 2.38 bits per heavy atom. The van der Waals surface area contributed by atoms with E-state index in [1.807, 2.05) is 6.07 Å². The molecule has 0 radical (unpaired) electrons. The van der Waals surface area contributed by atoms with Crippen molar-refractivity contribution in [2.45, 2.75) is 19.9 Å². The highest BCUT2D eigenvalue weighted by molar-refractivity contribution is 9.11. The molecule has 2 rings (SSSR count). The third-order valence-corrected chi connectivity index (χ3v) is 4.16. The molecule has 1 unspecified atom stereocenters. The lowest BCUT2D eigenvalue weighted by molar-refractivity contribution is 0.0616. The van der Waals surface area contributed by atoms with Gasteiger partial charge in [0.2, 0.25) is 0 Å². The first-order chi connectivity index (χ1) is 7.66. The molecule has 1 aliphatic heterocycles. The van der Waals surface area contributed by atoms with Gasteiger partial charge in [0.1, 0.15) is 0 Å². The summed E-state index contributed by atoms with van der Waals surface area (Å²) in [5.74, 6) is 0. The first-order valence-corrected chi connectivity index (χ1v) is 6.41. The van der Waals surface area contributed by atoms with Gasteiger partial charge in [-0.25, -0.2) is 5.01 Å². The van der Waals surface area contributed by atoms with Crippen molar-refractivity contribution in [3.05, 3.63) is 40.4 Å². The van der Waals surface area contributed by atoms with Crippen LogP contribution in [0.15, 0.2) is 34.8 Å². The fraction of sp³-hybridized carbons (Fsp3) is 0.385. The number of halogens is 1. The van der Waals surface area contributed by atoms with E-state index in [0.29, 0.717) is 6.04 Å². The van der Waals surface area contributed by atoms with Crippen LogP contribution in [0.2, 0.25) is 0 Å². The first kappa shape index (κ1) is 11.7. The second-order valence-corrected chi connectivity index (χ2v) is 4.87. The number of nitrogens with zero attached hydrogens (tertiary/aromatic N) is 2. The van der Waals surface area contributed by atoms with Gasteiger partial charge in [-0.1, -0.05) is 53.2 Å². The van der Waals surface area contributed by atoms with Crippen LogP contribution in [0.1, 0.15) is 19.4 Å². The summed E-state index contributed by atoms with van der Waals surface area (Å²) < 4.78 is 1.27. The number of benzene rings is 1. The quantitative estimate of drug-likeness (QED) is 0.820. The average Bonchev–Trinajstić information content (AvgIpc) is 2.51. The maximum Gasteiger partial charge on any atom is 0.0709 e. The number of hydrogen-bond acceptors (Lipinski definition) is 2. The summed E-state index contributed by atoms with van der Waals surface area (Å²) in [6.07, 6.45) is 0. The highest BCUT2D eigenvalue weighted by Crippen LogP contribution is 2.37. The molecule has 0 saturated heterocycles. The molecule has 1 aromatic carbocycles. The van der Waals surface area contributed by atoms with Crippen molar-refractivity contribution in [1.29, 1.82) is 0 Å². The van der Waals surface area contributed by atoms with Crippen LogP contribution in [0.4, 0.5) is 0 Å². The lowest BCUT2D eigenvalue weighted by Crippen LogP contribution is -2.38. The summed E-state index contributed by atoms with van der Waals surface area (Å²) in [5.41, 5.74) is 2.54. The molecule has 0 N–H and O–H groups in total. The van der Waals surface area contributed by atoms with Crippen LogP contribution < -0.4 is 0 Å². The third kappa shape index (κ3) is 1.78. The highest BCUT2D eigenvalue weighted by atomic mass is 79.9. The molecule has 2 nitrogen and oxygen atoms in total. The van der Waals surface area contributed by atoms with E-state index in [9.17, 15) is 0 Å². The van der Waals surface area contributed by atoms with E-state index in [1.165, 1.54) is 15.7 Å². The van der Waals surface area contributed by atoms with E-state index in [-0.39, 0.29) is 0 Å². The molecule has 0 aliphatic carbocycles. The summed E-state index contributed by atoms with van der Waals surface area (Å²) in [6, 6.07) is 10.9. The minimum atomic E-state index is 0.421. The van der Waals surface area contributed by atoms with Crippen LogP contribution >= 0.6 is 15.9 Å². The van der Waals surface area contributed by atoms with Crippen molar-refractivity contribution in [2.75, 3.05) is 13.6 Å². The minimum absolute atomic E-state index is 0.421. The van der Waals surface area contributed by atoms with Gasteiger partial charge in [0, 0.05) is 23.6 Å². The van der Waals surface area contributed by atoms with Crippen molar-refractivity contribution in [2.24, 2.45) is 0 Å². The largest absolute Gasteiger partial charge is 0.307 e. The van der Waals surface area contributed by atoms with Crippen LogP contribution in [0.25, 0.3) is 5.70 Å². The normalized spacial score (nSPS) is 22.0. The molecular weight excluding hydrogens is 264 g/mol. The molecule has 1 atom stereocenters. The van der Waals surface area contributed by atoms with Gasteiger partial charge >= 0.3 is 0 Å². The summed E-state index contributed by atoms with van der Waals surface area (Å²) in [4.78, 5) is 0. The highest BCUT2D eigenvalue weighted by Gasteiger charge is 2.31. The molecule has 1 aromatic rings. The smallest absolute Gasteiger partial charge is 0.0709 e. The van der Waals surface area contributed by atoms with Crippen LogP contribution in [0, 0.1) is 0 Å². The summed E-state index contributed by atoms with van der Waals surface area (Å²) >= 11 is 3.72. The molecule has 86 valence electrons. The lowest BCUT2D eigenvalue weighted by Gasteiger charge is -2.30. The van der Waals surface area contributed by atoms with Crippen LogP contribution in [-0.4, -0.2) is 29.7 Å². The zero-order chi connectivity index (χ0) is 11.7. The fourth-order valence-electron chi connectivity index (χ4n) is 2.28. The Morgan fingerprint density at radius 2 is 1.88 bits per heavy atom. The number of likely N-dealkylation sites (N-methyl/N-ethyl adjacent to an activating group) is 1. The van der Waals surface area contributed by atoms with Crippen molar-refractivity contribution in [3.63, 3.8) is 0 Å². The minimum Gasteiger partial charge on any atom is -0.307 e. The Morgan fingerprint density at radius 1 is 1.25 bits per heavy atom. The second-order valence-electron chi connectivity index (χ2n) is 4.02. The summed E-state index contributed by atoms with van der Waals surface area (Å²) in [5, 5.41) is 4.58. The Balaban J connectivity index is 2.41. The predicted octanol–water partition coefficient (Wildman–Crippen LogP) is 3.32. The Bertz CT molecular complexity index is 400. The average molecular weight is 281 g/mol. The van der Waals surface area contributed by atoms with Gasteiger partial charge in [-0.2, -0.15) is 0 Å². The van der Waals surface area contributed by atoms with E-state index in [4.69, 9.17) is 0 Å². The maximum absolute atomic E-state index is 3.72. The first-order valence-electron chi connectivity index (χ1n) is 5.62. The molecular formula is C13H17BrN2. The van der Waals surface area contributed by atoms with Gasteiger partial charge in [-0.15, -0.1) is 0 Å². The molecule has 16 heavy (non-hydrogen) atoms. The molecule has 1 heterocycles. The summed E-state index contributed by atoms with van der Waals surface area (Å²) in [6.45, 7) is 5.42. The molecule has 3 heteroatoms. The van der Waals surface area contributed by atoms with Gasteiger partial charge in [-0.3, -0.25) is 0 Å². The second kappa shape index (κ2) is 4.60. The van der Waals surface area contributed by atoms with Crippen molar-refractivity contribution in [1.82, 2.24) is 10.0 Å². The number of rotatable bonds is 2. The molecule has 1 aliphatic rings. The molecule has 0 saturated carbocycles. The van der Waals surface area contributed by atoms with Gasteiger partial charge in [0.05, 0.1) is 11.7 Å². The van der Waals surface area contributed by atoms with E-state index in [1.54, 1.807) is 0 Å². The van der Waals surface area contributed by atoms with Crippen molar-refractivity contribution in [3.8, 4) is 0 Å². The van der Waals surface area contributed by atoms with Crippen molar-refractivity contribution >= 4 is 21.6 Å². The van der Waals surface area contributed by atoms with E-state index in [0.717, 1.165) is 6.54 Å². The summed E-state index contributed by atoms with van der Waals surface area (Å²) in [7, 11) is 2.12. The van der Waals surface area contributed by atoms with Crippen LogP contribution in [-0.2, 0) is 0 Å². The number of hydrazine groups is 1. The standard InChI is InChI=1S/C13H17BrN2/c1-4-16-10(2)12(14)13(15(16)3)11-8-6-5-7-9-11/h5-10H,4H2,1-3H3. The zero-order valence-corrected chi connectivity index (χ0v) is 11.5.